The predicted octanol–water partition coefficient (Wildman–Crippen LogP) is 2.98. The van der Waals surface area contributed by atoms with Crippen LogP contribution in [-0.4, -0.2) is 54.1 Å². The number of likely N-dealkylation sites (N-methyl/N-ethyl adjacent to an activating group) is 1. The van der Waals surface area contributed by atoms with Crippen molar-refractivity contribution in [3.8, 4) is 0 Å². The number of amides is 1. The SMILES string of the molecule is CCC(CNC(=O)c1csc2c1CCN(Cc1c(C)noc1C)C2)N(C)C. The second-order valence-electron chi connectivity index (χ2n) is 7.55. The smallest absolute Gasteiger partial charge is 0.252 e. The molecule has 7 heteroatoms. The van der Waals surface area contributed by atoms with Crippen molar-refractivity contribution < 1.29 is 9.32 Å². The van der Waals surface area contributed by atoms with Gasteiger partial charge >= 0.3 is 0 Å². The molecule has 1 amide bonds. The first kappa shape index (κ1) is 20.0. The molecule has 0 radical (unpaired) electrons. The quantitative estimate of drug-likeness (QED) is 0.788. The van der Waals surface area contributed by atoms with Gasteiger partial charge in [-0.15, -0.1) is 11.3 Å². The molecule has 0 fully saturated rings. The Kier molecular flexibility index (Phi) is 6.34. The maximum atomic E-state index is 12.7. The number of carbonyl (C=O) groups is 1. The monoisotopic (exact) mass is 390 g/mol. The normalized spacial score (nSPS) is 15.8. The first-order valence-corrected chi connectivity index (χ1v) is 10.5. The molecule has 1 aliphatic rings. The first-order valence-electron chi connectivity index (χ1n) is 9.58. The summed E-state index contributed by atoms with van der Waals surface area (Å²) in [5, 5.41) is 9.20. The Morgan fingerprint density at radius 1 is 1.44 bits per heavy atom. The standard InChI is InChI=1S/C20H30N4O2S/c1-6-15(23(4)5)9-21-20(25)18-12-27-19-11-24(8-7-16(18)19)10-17-13(2)22-26-14(17)3/h12,15H,6-11H2,1-5H3,(H,21,25). The molecule has 1 unspecified atom stereocenters. The van der Waals surface area contributed by atoms with Crippen molar-refractivity contribution in [3.05, 3.63) is 38.4 Å². The van der Waals surface area contributed by atoms with Crippen molar-refractivity contribution in [2.75, 3.05) is 27.2 Å². The fourth-order valence-corrected chi connectivity index (χ4v) is 4.78. The summed E-state index contributed by atoms with van der Waals surface area (Å²) in [7, 11) is 4.11. The summed E-state index contributed by atoms with van der Waals surface area (Å²) < 4.78 is 5.28. The van der Waals surface area contributed by atoms with Crippen LogP contribution in [-0.2, 0) is 19.5 Å². The van der Waals surface area contributed by atoms with Gasteiger partial charge in [0.05, 0.1) is 11.3 Å². The number of hydrogen-bond acceptors (Lipinski definition) is 6. The number of aromatic nitrogens is 1. The molecular weight excluding hydrogens is 360 g/mol. The summed E-state index contributed by atoms with van der Waals surface area (Å²) in [6.07, 6.45) is 1.93. The summed E-state index contributed by atoms with van der Waals surface area (Å²) in [6, 6.07) is 0.369. The summed E-state index contributed by atoms with van der Waals surface area (Å²) in [5.74, 6) is 0.961. The third-order valence-corrected chi connectivity index (χ3v) is 6.55. The Balaban J connectivity index is 1.63. The lowest BCUT2D eigenvalue weighted by atomic mass is 10.0. The third-order valence-electron chi connectivity index (χ3n) is 5.53. The van der Waals surface area contributed by atoms with Crippen LogP contribution < -0.4 is 5.32 Å². The average molecular weight is 391 g/mol. The van der Waals surface area contributed by atoms with Crippen molar-refractivity contribution in [2.45, 2.75) is 52.7 Å². The zero-order valence-corrected chi connectivity index (χ0v) is 17.8. The van der Waals surface area contributed by atoms with Crippen LogP contribution in [0.1, 0.15) is 51.2 Å². The third kappa shape index (κ3) is 4.42. The minimum Gasteiger partial charge on any atom is -0.361 e. The molecular formula is C20H30N4O2S. The second kappa shape index (κ2) is 8.54. The Labute approximate surface area is 165 Å². The van der Waals surface area contributed by atoms with Gasteiger partial charge in [0, 0.05) is 48.0 Å². The molecule has 0 saturated heterocycles. The average Bonchev–Trinajstić information content (AvgIpc) is 3.20. The molecule has 1 atom stereocenters. The molecule has 0 aromatic carbocycles. The number of fused-ring (bicyclic) bond motifs is 1. The molecule has 0 bridgehead atoms. The predicted molar refractivity (Wildman–Crippen MR) is 108 cm³/mol. The van der Waals surface area contributed by atoms with Crippen molar-refractivity contribution in [1.29, 1.82) is 0 Å². The highest BCUT2D eigenvalue weighted by Gasteiger charge is 2.25. The van der Waals surface area contributed by atoms with Crippen molar-refractivity contribution in [3.63, 3.8) is 0 Å². The highest BCUT2D eigenvalue weighted by Crippen LogP contribution is 2.30. The molecule has 0 saturated carbocycles. The van der Waals surface area contributed by atoms with Crippen LogP contribution >= 0.6 is 11.3 Å². The molecule has 27 heavy (non-hydrogen) atoms. The molecule has 1 aliphatic heterocycles. The van der Waals surface area contributed by atoms with Gasteiger partial charge < -0.3 is 14.7 Å². The minimum atomic E-state index is 0.0620. The number of rotatable bonds is 7. The van der Waals surface area contributed by atoms with E-state index in [0.717, 1.165) is 49.5 Å². The molecule has 3 rings (SSSR count). The maximum absolute atomic E-state index is 12.7. The van der Waals surface area contributed by atoms with Gasteiger partial charge in [-0.25, -0.2) is 0 Å². The van der Waals surface area contributed by atoms with Crippen molar-refractivity contribution >= 4 is 17.2 Å². The van der Waals surface area contributed by atoms with Gasteiger partial charge in [-0.2, -0.15) is 0 Å². The molecule has 2 aromatic heterocycles. The van der Waals surface area contributed by atoms with Crippen LogP contribution in [0.3, 0.4) is 0 Å². The van der Waals surface area contributed by atoms with Crippen molar-refractivity contribution in [1.82, 2.24) is 20.3 Å². The van der Waals surface area contributed by atoms with Crippen LogP contribution in [0, 0.1) is 13.8 Å². The van der Waals surface area contributed by atoms with E-state index in [2.05, 4.69) is 41.3 Å². The van der Waals surface area contributed by atoms with Crippen LogP contribution in [0.25, 0.3) is 0 Å². The Morgan fingerprint density at radius 3 is 2.85 bits per heavy atom. The minimum absolute atomic E-state index is 0.0620. The zero-order chi connectivity index (χ0) is 19.6. The molecule has 6 nitrogen and oxygen atoms in total. The summed E-state index contributed by atoms with van der Waals surface area (Å²) in [6.45, 7) is 9.47. The number of aryl methyl sites for hydroxylation is 2. The molecule has 1 N–H and O–H groups in total. The summed E-state index contributed by atoms with van der Waals surface area (Å²) in [5.41, 5.74) is 4.24. The van der Waals surface area contributed by atoms with E-state index in [1.165, 1.54) is 16.0 Å². The Bertz CT molecular complexity index is 777. The lowest BCUT2D eigenvalue weighted by molar-refractivity contribution is 0.0940. The van der Waals surface area contributed by atoms with Crippen LogP contribution in [0.2, 0.25) is 0 Å². The highest BCUT2D eigenvalue weighted by molar-refractivity contribution is 7.10. The molecule has 3 heterocycles. The van der Waals surface area contributed by atoms with Gasteiger partial charge in [-0.05, 0) is 46.3 Å². The van der Waals surface area contributed by atoms with E-state index in [1.807, 2.05) is 19.2 Å². The number of nitrogens with zero attached hydrogens (tertiary/aromatic N) is 3. The Morgan fingerprint density at radius 2 is 2.22 bits per heavy atom. The van der Waals surface area contributed by atoms with E-state index in [0.29, 0.717) is 12.6 Å². The molecule has 2 aromatic rings. The van der Waals surface area contributed by atoms with Gasteiger partial charge in [0.2, 0.25) is 0 Å². The van der Waals surface area contributed by atoms with E-state index in [-0.39, 0.29) is 5.91 Å². The van der Waals surface area contributed by atoms with Gasteiger partial charge in [0.15, 0.2) is 0 Å². The fourth-order valence-electron chi connectivity index (χ4n) is 3.66. The van der Waals surface area contributed by atoms with Gasteiger partial charge in [-0.3, -0.25) is 9.69 Å². The van der Waals surface area contributed by atoms with E-state index < -0.39 is 0 Å². The van der Waals surface area contributed by atoms with E-state index >= 15 is 0 Å². The number of hydrogen-bond donors (Lipinski definition) is 1. The largest absolute Gasteiger partial charge is 0.361 e. The van der Waals surface area contributed by atoms with Crippen LogP contribution in [0.15, 0.2) is 9.90 Å². The van der Waals surface area contributed by atoms with Gasteiger partial charge in [-0.1, -0.05) is 12.1 Å². The number of thiophene rings is 1. The van der Waals surface area contributed by atoms with E-state index in [9.17, 15) is 4.79 Å². The first-order chi connectivity index (χ1) is 12.9. The van der Waals surface area contributed by atoms with E-state index in [4.69, 9.17) is 4.52 Å². The lowest BCUT2D eigenvalue weighted by Gasteiger charge is -2.27. The summed E-state index contributed by atoms with van der Waals surface area (Å²) in [4.78, 5) is 18.6. The topological polar surface area (TPSA) is 61.6 Å². The molecule has 0 aliphatic carbocycles. The maximum Gasteiger partial charge on any atom is 0.252 e. The Hall–Kier alpha value is -1.70. The lowest BCUT2D eigenvalue weighted by Crippen LogP contribution is -2.40. The highest BCUT2D eigenvalue weighted by atomic mass is 32.1. The van der Waals surface area contributed by atoms with Gasteiger partial charge in [0.1, 0.15) is 5.76 Å². The van der Waals surface area contributed by atoms with Gasteiger partial charge in [0.25, 0.3) is 5.91 Å². The van der Waals surface area contributed by atoms with Crippen molar-refractivity contribution in [2.24, 2.45) is 0 Å². The molecule has 148 valence electrons. The van der Waals surface area contributed by atoms with Crippen LogP contribution in [0.5, 0.6) is 0 Å². The van der Waals surface area contributed by atoms with E-state index in [1.54, 1.807) is 11.3 Å². The zero-order valence-electron chi connectivity index (χ0n) is 17.0. The molecule has 0 spiro atoms. The van der Waals surface area contributed by atoms with Crippen LogP contribution in [0.4, 0.5) is 0 Å². The fraction of sp³-hybridized carbons (Fsp3) is 0.600. The number of nitrogens with one attached hydrogen (secondary N) is 1. The number of carbonyl (C=O) groups excluding carboxylic acids is 1. The second-order valence-corrected chi connectivity index (χ2v) is 8.51. The summed E-state index contributed by atoms with van der Waals surface area (Å²) >= 11 is 1.70.